The third-order valence-electron chi connectivity index (χ3n) is 15.7. The number of aliphatic hydroxyl groups is 2. The number of anilines is 1. The molecule has 1 aromatic heterocycles. The summed E-state index contributed by atoms with van der Waals surface area (Å²) in [5.41, 5.74) is -1.97. The molecule has 6 heterocycles. The molecule has 3 N–H and O–H groups in total. The van der Waals surface area contributed by atoms with Gasteiger partial charge in [0.2, 0.25) is 11.5 Å². The smallest absolute Gasteiger partial charge is 0.344 e. The molecule has 6 aliphatic rings. The van der Waals surface area contributed by atoms with Gasteiger partial charge < -0.3 is 39.0 Å². The van der Waals surface area contributed by atoms with E-state index in [4.69, 9.17) is 18.9 Å². The van der Waals surface area contributed by atoms with Crippen LogP contribution in [0, 0.1) is 17.3 Å². The second kappa shape index (κ2) is 15.5. The first-order valence-corrected chi connectivity index (χ1v) is 22.9. The van der Waals surface area contributed by atoms with Crippen molar-refractivity contribution in [1.82, 2.24) is 14.8 Å². The lowest BCUT2D eigenvalue weighted by molar-refractivity contribution is -0.228. The van der Waals surface area contributed by atoms with E-state index in [9.17, 15) is 19.8 Å². The molecule has 10 atom stereocenters. The number of aromatic amines is 1. The van der Waals surface area contributed by atoms with Crippen LogP contribution in [0.2, 0.25) is 0 Å². The molecule has 0 radical (unpaired) electrons. The van der Waals surface area contributed by atoms with Gasteiger partial charge in [-0.15, -0.1) is 11.8 Å². The number of hydrogen-bond donors (Lipinski definition) is 3. The molecular weight excluding hydrogens is 835 g/mol. The summed E-state index contributed by atoms with van der Waals surface area (Å²) in [6.45, 7) is 6.37. The molecule has 1 aliphatic carbocycles. The van der Waals surface area contributed by atoms with Gasteiger partial charge in [-0.2, -0.15) is 0 Å². The number of likely N-dealkylation sites (N-methyl/N-ethyl adjacent to an activating group) is 1. The molecule has 340 valence electrons. The van der Waals surface area contributed by atoms with E-state index in [2.05, 4.69) is 14.8 Å². The average Bonchev–Trinajstić information content (AvgIpc) is 3.91. The number of carbonyl (C=O) groups excluding carboxylic acids is 3. The number of carbonyl (C=O) groups is 3. The molecule has 9 rings (SSSR count). The van der Waals surface area contributed by atoms with Gasteiger partial charge >= 0.3 is 17.9 Å². The number of halogens is 2. The highest BCUT2D eigenvalue weighted by Crippen LogP contribution is 2.68. The van der Waals surface area contributed by atoms with Crippen molar-refractivity contribution in [2.75, 3.05) is 71.8 Å². The Bertz CT molecular complexity index is 2390. The number of esters is 3. The molecule has 2 saturated heterocycles. The number of thioether (sulfide) groups is 1. The van der Waals surface area contributed by atoms with Crippen molar-refractivity contribution in [3.63, 3.8) is 0 Å². The Hall–Kier alpha value is -4.22. The van der Waals surface area contributed by atoms with E-state index >= 15 is 13.6 Å². The number of fused-ring (bicyclic) bond motifs is 6. The van der Waals surface area contributed by atoms with Gasteiger partial charge in [0, 0.05) is 108 Å². The highest BCUT2D eigenvalue weighted by atomic mass is 32.2. The van der Waals surface area contributed by atoms with E-state index < -0.39 is 63.7 Å². The molecule has 3 fully saturated rings. The second-order valence-electron chi connectivity index (χ2n) is 18.8. The molecule has 13 nitrogen and oxygen atoms in total. The quantitative estimate of drug-likeness (QED) is 0.106. The molecule has 2 bridgehead atoms. The zero-order valence-corrected chi connectivity index (χ0v) is 37.8. The lowest BCUT2D eigenvalue weighted by atomic mass is 9.47. The highest BCUT2D eigenvalue weighted by molar-refractivity contribution is 7.99. The SMILES string of the molecule is CC[C@]12C=CCN3CC[C@@]4(c5cc([C@@]6(C(=O)OC)CC7CC(C(C)(F)F)CN(Cc8c6[nH]c6ccc(SCCO)cc86)C7)c(OC)cc5N(C)C4[C@@](O)(C(=O)OC)[C@@H]1OC(C)=O)C32. The Morgan fingerprint density at radius 3 is 2.48 bits per heavy atom. The van der Waals surface area contributed by atoms with Gasteiger partial charge in [0.25, 0.3) is 0 Å². The Labute approximate surface area is 370 Å². The first-order valence-electron chi connectivity index (χ1n) is 21.9. The van der Waals surface area contributed by atoms with Crippen LogP contribution in [-0.2, 0) is 46.0 Å². The zero-order valence-electron chi connectivity index (χ0n) is 37.0. The van der Waals surface area contributed by atoms with E-state index in [0.717, 1.165) is 33.8 Å². The summed E-state index contributed by atoms with van der Waals surface area (Å²) in [6, 6.07) is 8.42. The number of alkyl halides is 2. The van der Waals surface area contributed by atoms with Gasteiger partial charge in [-0.1, -0.05) is 19.1 Å². The van der Waals surface area contributed by atoms with Crippen LogP contribution in [0.3, 0.4) is 0 Å². The molecule has 5 unspecified atom stereocenters. The lowest BCUT2D eigenvalue weighted by Crippen LogP contribution is -2.81. The van der Waals surface area contributed by atoms with Crippen molar-refractivity contribution in [1.29, 1.82) is 0 Å². The Morgan fingerprint density at radius 2 is 1.81 bits per heavy atom. The zero-order chi connectivity index (χ0) is 45.0. The summed E-state index contributed by atoms with van der Waals surface area (Å²) in [7, 11) is 5.90. The number of H-pyrrole nitrogens is 1. The van der Waals surface area contributed by atoms with Gasteiger partial charge in [0.1, 0.15) is 11.2 Å². The minimum Gasteiger partial charge on any atom is -0.496 e. The summed E-state index contributed by atoms with van der Waals surface area (Å²) in [4.78, 5) is 53.7. The Kier molecular flexibility index (Phi) is 10.8. The number of aliphatic hydroxyl groups excluding tert-OH is 1. The number of hydrogen-bond acceptors (Lipinski definition) is 13. The lowest BCUT2D eigenvalue weighted by Gasteiger charge is -2.63. The molecule has 5 aliphatic heterocycles. The third-order valence-corrected chi connectivity index (χ3v) is 16.7. The standard InChI is InChI=1S/C47H58F2N4O9S/c1-8-44-12-9-14-53-15-13-45(38(44)53)32-20-33(36(59-5)21-35(32)51(4)39(45)47(58,42(57)61-7)40(44)62-26(2)55)46(41(56)60-6)22-27-18-28(43(3,48)49)24-52(23-27)25-31-30-19-29(63-17-16-54)10-11-34(30)50-37(31)46/h9-12,19-21,27-28,38-40,50,54,58H,8,13-18,22-25H2,1-7H3/t27?,28?,38?,39?,40-,44-,45-,46+,47+/m1/s1. The first-order chi connectivity index (χ1) is 30.0. The van der Waals surface area contributed by atoms with Crippen molar-refractivity contribution in [2.45, 2.75) is 98.4 Å². The van der Waals surface area contributed by atoms with Crippen molar-refractivity contribution in [3.05, 3.63) is 64.9 Å². The van der Waals surface area contributed by atoms with Crippen molar-refractivity contribution in [3.8, 4) is 5.75 Å². The van der Waals surface area contributed by atoms with Crippen LogP contribution in [0.25, 0.3) is 10.9 Å². The fourth-order valence-electron chi connectivity index (χ4n) is 13.5. The van der Waals surface area contributed by atoms with Crippen molar-refractivity contribution in [2.24, 2.45) is 17.3 Å². The van der Waals surface area contributed by atoms with Gasteiger partial charge in [-0.25, -0.2) is 13.6 Å². The number of nitrogens with one attached hydrogen (secondary N) is 1. The van der Waals surface area contributed by atoms with E-state index in [0.29, 0.717) is 67.5 Å². The Balaban J connectivity index is 1.35. The number of ether oxygens (including phenoxy) is 4. The molecule has 63 heavy (non-hydrogen) atoms. The van der Waals surface area contributed by atoms with Crippen molar-refractivity contribution < 1.29 is 52.3 Å². The van der Waals surface area contributed by atoms with E-state index in [1.54, 1.807) is 0 Å². The van der Waals surface area contributed by atoms with Gasteiger partial charge in [0.05, 0.1) is 34.0 Å². The normalized spacial score (nSPS) is 34.3. The third kappa shape index (κ3) is 6.09. The maximum absolute atomic E-state index is 15.5. The van der Waals surface area contributed by atoms with Crippen LogP contribution in [0.1, 0.15) is 68.8 Å². The molecule has 1 saturated carbocycles. The monoisotopic (exact) mass is 892 g/mol. The van der Waals surface area contributed by atoms with Gasteiger partial charge in [-0.3, -0.25) is 19.4 Å². The molecule has 3 aromatic rings. The Morgan fingerprint density at radius 1 is 1.05 bits per heavy atom. The fraction of sp³-hybridized carbons (Fsp3) is 0.596. The fourth-order valence-corrected chi connectivity index (χ4v) is 14.2. The number of nitrogens with zero attached hydrogens (tertiary/aromatic N) is 3. The topological polar surface area (TPSA) is 154 Å². The van der Waals surface area contributed by atoms with Crippen LogP contribution in [0.5, 0.6) is 5.75 Å². The largest absolute Gasteiger partial charge is 0.496 e. The van der Waals surface area contributed by atoms with E-state index in [-0.39, 0.29) is 38.0 Å². The predicted octanol–water partition coefficient (Wildman–Crippen LogP) is 5.16. The average molecular weight is 893 g/mol. The highest BCUT2D eigenvalue weighted by Gasteiger charge is 2.80. The summed E-state index contributed by atoms with van der Waals surface area (Å²) in [6.07, 6.45) is 3.91. The molecule has 2 aromatic carbocycles. The molecule has 0 amide bonds. The predicted molar refractivity (Wildman–Crippen MR) is 232 cm³/mol. The van der Waals surface area contributed by atoms with Crippen LogP contribution in [-0.4, -0.2) is 140 Å². The summed E-state index contributed by atoms with van der Waals surface area (Å²) in [5.74, 6) is -5.62. The van der Waals surface area contributed by atoms with Gasteiger partial charge in [0.15, 0.2) is 6.10 Å². The number of methoxy groups -OCH3 is 3. The van der Waals surface area contributed by atoms with Crippen LogP contribution < -0.4 is 9.64 Å². The molecule has 1 spiro atoms. The number of piperidine rings is 1. The number of benzene rings is 2. The molecule has 16 heteroatoms. The van der Waals surface area contributed by atoms with Gasteiger partial charge in [-0.05, 0) is 80.5 Å². The number of rotatable bonds is 10. The summed E-state index contributed by atoms with van der Waals surface area (Å²) < 4.78 is 54.7. The summed E-state index contributed by atoms with van der Waals surface area (Å²) in [5, 5.41) is 23.8. The summed E-state index contributed by atoms with van der Waals surface area (Å²) >= 11 is 1.50. The maximum atomic E-state index is 15.5. The second-order valence-corrected chi connectivity index (χ2v) is 19.9. The van der Waals surface area contributed by atoms with Crippen LogP contribution in [0.15, 0.2) is 47.4 Å². The minimum absolute atomic E-state index is 0.00738. The molecular formula is C47H58F2N4O9S. The van der Waals surface area contributed by atoms with Crippen LogP contribution >= 0.6 is 11.8 Å². The first kappa shape index (κ1) is 44.0. The minimum atomic E-state index is -2.97. The van der Waals surface area contributed by atoms with E-state index in [1.807, 2.05) is 61.4 Å². The number of aromatic nitrogens is 1. The van der Waals surface area contributed by atoms with E-state index in [1.165, 1.54) is 40.0 Å². The van der Waals surface area contributed by atoms with Crippen LogP contribution in [0.4, 0.5) is 14.5 Å². The maximum Gasteiger partial charge on any atom is 0.344 e. The van der Waals surface area contributed by atoms with Crippen molar-refractivity contribution >= 4 is 46.3 Å².